The number of aryl methyl sites for hydroxylation is 1. The second-order valence-electron chi connectivity index (χ2n) is 10.5. The Labute approximate surface area is 186 Å². The lowest BCUT2D eigenvalue weighted by Crippen LogP contribution is -2.06. The van der Waals surface area contributed by atoms with E-state index in [1.165, 1.54) is 46.3 Å². The zero-order valence-corrected chi connectivity index (χ0v) is 20.4. The third-order valence-electron chi connectivity index (χ3n) is 5.77. The number of benzene rings is 1. The number of hydrogen-bond donors (Lipinski definition) is 0. The molecule has 162 valence electrons. The van der Waals surface area contributed by atoms with Gasteiger partial charge in [0.15, 0.2) is 0 Å². The first-order valence-electron chi connectivity index (χ1n) is 11.6. The summed E-state index contributed by atoms with van der Waals surface area (Å²) in [6.45, 7) is 20.5. The molecule has 0 bridgehead atoms. The average Bonchev–Trinajstić information content (AvgIpc) is 2.67. The summed E-state index contributed by atoms with van der Waals surface area (Å²) in [4.78, 5) is 0. The van der Waals surface area contributed by atoms with Crippen LogP contribution in [0.15, 0.2) is 77.4 Å². The van der Waals surface area contributed by atoms with Gasteiger partial charge in [-0.15, -0.1) is 0 Å². The van der Waals surface area contributed by atoms with E-state index in [1.807, 2.05) is 0 Å². The molecular weight excluding hydrogens is 360 g/mol. The molecule has 0 fully saturated rings. The molecule has 0 aliphatic heterocycles. The maximum Gasteiger partial charge on any atom is -0.0111 e. The van der Waals surface area contributed by atoms with Gasteiger partial charge in [-0.2, -0.15) is 0 Å². The fourth-order valence-electron chi connectivity index (χ4n) is 4.06. The maximum atomic E-state index is 4.58. The first kappa shape index (κ1) is 24.2. The van der Waals surface area contributed by atoms with Crippen LogP contribution in [0.25, 0.3) is 5.57 Å². The van der Waals surface area contributed by atoms with Crippen LogP contribution in [0.2, 0.25) is 0 Å². The molecule has 30 heavy (non-hydrogen) atoms. The molecule has 0 spiro atoms. The molecule has 0 aromatic heterocycles. The van der Waals surface area contributed by atoms with Crippen molar-refractivity contribution >= 4 is 5.57 Å². The van der Waals surface area contributed by atoms with E-state index in [0.29, 0.717) is 11.3 Å². The average molecular weight is 403 g/mol. The maximum absolute atomic E-state index is 4.58. The standard InChI is InChI=1S/C30H42/c1-22(2)18-19-28(24(5)29-17-10-9-16-27(29)23(3)4)26-15-11-13-25(21-26)14-12-20-30(6,7)8/h10-11,13,15,17-19,21,23H,5,9,12,14,16,20H2,1-4,6-8H3/b28-19+. The third kappa shape index (κ3) is 7.31. The van der Waals surface area contributed by atoms with Crippen molar-refractivity contribution in [3.63, 3.8) is 0 Å². The molecule has 0 unspecified atom stereocenters. The van der Waals surface area contributed by atoms with Crippen molar-refractivity contribution in [2.45, 2.75) is 80.6 Å². The normalized spacial score (nSPS) is 15.0. The highest BCUT2D eigenvalue weighted by Crippen LogP contribution is 2.36. The summed E-state index contributed by atoms with van der Waals surface area (Å²) in [5, 5.41) is 0. The van der Waals surface area contributed by atoms with Crippen LogP contribution >= 0.6 is 0 Å². The highest BCUT2D eigenvalue weighted by molar-refractivity contribution is 5.85. The molecule has 0 nitrogen and oxygen atoms in total. The van der Waals surface area contributed by atoms with Crippen molar-refractivity contribution in [1.29, 1.82) is 0 Å². The van der Waals surface area contributed by atoms with Crippen molar-refractivity contribution in [3.05, 3.63) is 88.6 Å². The lowest BCUT2D eigenvalue weighted by atomic mass is 9.82. The van der Waals surface area contributed by atoms with Gasteiger partial charge in [0.1, 0.15) is 0 Å². The molecule has 1 aliphatic rings. The lowest BCUT2D eigenvalue weighted by molar-refractivity contribution is 0.365. The highest BCUT2D eigenvalue weighted by Gasteiger charge is 2.17. The van der Waals surface area contributed by atoms with Gasteiger partial charge in [-0.05, 0) is 85.1 Å². The lowest BCUT2D eigenvalue weighted by Gasteiger charge is -2.23. The van der Waals surface area contributed by atoms with Crippen LogP contribution in [0.1, 0.15) is 85.3 Å². The van der Waals surface area contributed by atoms with Crippen LogP contribution < -0.4 is 0 Å². The molecule has 0 heterocycles. The third-order valence-corrected chi connectivity index (χ3v) is 5.77. The fourth-order valence-corrected chi connectivity index (χ4v) is 4.06. The quantitative estimate of drug-likeness (QED) is 0.380. The highest BCUT2D eigenvalue weighted by atomic mass is 14.2. The zero-order valence-electron chi connectivity index (χ0n) is 20.4. The van der Waals surface area contributed by atoms with Gasteiger partial charge in [-0.3, -0.25) is 0 Å². The summed E-state index contributed by atoms with van der Waals surface area (Å²) >= 11 is 0. The Morgan fingerprint density at radius 1 is 1.13 bits per heavy atom. The second-order valence-corrected chi connectivity index (χ2v) is 10.5. The molecule has 0 heteroatoms. The van der Waals surface area contributed by atoms with Crippen LogP contribution in [-0.2, 0) is 6.42 Å². The Kier molecular flexibility index (Phi) is 8.71. The van der Waals surface area contributed by atoms with Gasteiger partial charge in [0.25, 0.3) is 0 Å². The smallest absolute Gasteiger partial charge is 0.0111 e. The van der Waals surface area contributed by atoms with E-state index in [1.54, 1.807) is 0 Å². The molecule has 1 aromatic carbocycles. The summed E-state index contributed by atoms with van der Waals surface area (Å²) < 4.78 is 0. The summed E-state index contributed by atoms with van der Waals surface area (Å²) in [7, 11) is 0. The van der Waals surface area contributed by atoms with Gasteiger partial charge < -0.3 is 0 Å². The van der Waals surface area contributed by atoms with E-state index in [2.05, 4.69) is 104 Å². The van der Waals surface area contributed by atoms with Gasteiger partial charge in [0.05, 0.1) is 0 Å². The predicted octanol–water partition coefficient (Wildman–Crippen LogP) is 9.26. The minimum Gasteiger partial charge on any atom is -0.0905 e. The van der Waals surface area contributed by atoms with Crippen LogP contribution in [0.3, 0.4) is 0 Å². The molecule has 1 aliphatic carbocycles. The first-order chi connectivity index (χ1) is 14.1. The molecule has 0 radical (unpaired) electrons. The molecule has 0 amide bonds. The number of hydrogen-bond acceptors (Lipinski definition) is 0. The van der Waals surface area contributed by atoms with Crippen molar-refractivity contribution in [2.75, 3.05) is 0 Å². The second kappa shape index (κ2) is 10.8. The zero-order chi connectivity index (χ0) is 22.3. The van der Waals surface area contributed by atoms with Gasteiger partial charge >= 0.3 is 0 Å². The molecular formula is C30H42. The molecule has 0 saturated heterocycles. The fraction of sp³-hybridized carbons (Fsp3) is 0.467. The van der Waals surface area contributed by atoms with Gasteiger partial charge in [0.2, 0.25) is 0 Å². The Morgan fingerprint density at radius 2 is 1.87 bits per heavy atom. The Hall–Kier alpha value is -2.08. The van der Waals surface area contributed by atoms with E-state index in [4.69, 9.17) is 0 Å². The van der Waals surface area contributed by atoms with Crippen molar-refractivity contribution in [2.24, 2.45) is 11.3 Å². The molecule has 0 N–H and O–H groups in total. The van der Waals surface area contributed by atoms with Crippen molar-refractivity contribution in [1.82, 2.24) is 0 Å². The molecule has 0 saturated carbocycles. The van der Waals surface area contributed by atoms with E-state index in [0.717, 1.165) is 24.8 Å². The largest absolute Gasteiger partial charge is 0.0905 e. The van der Waals surface area contributed by atoms with Crippen LogP contribution in [0, 0.1) is 11.3 Å². The minimum absolute atomic E-state index is 0.396. The van der Waals surface area contributed by atoms with E-state index in [-0.39, 0.29) is 0 Å². The monoisotopic (exact) mass is 402 g/mol. The van der Waals surface area contributed by atoms with Crippen molar-refractivity contribution < 1.29 is 0 Å². The summed E-state index contributed by atoms with van der Waals surface area (Å²) in [5.41, 5.74) is 9.67. The Morgan fingerprint density at radius 3 is 2.50 bits per heavy atom. The molecule has 1 aromatic rings. The number of allylic oxidation sites excluding steroid dienone is 9. The van der Waals surface area contributed by atoms with Gasteiger partial charge in [-0.1, -0.05) is 101 Å². The summed E-state index contributed by atoms with van der Waals surface area (Å²) in [5.74, 6) is 0.551. The van der Waals surface area contributed by atoms with Crippen LogP contribution in [0.5, 0.6) is 0 Å². The van der Waals surface area contributed by atoms with Gasteiger partial charge in [-0.25, -0.2) is 0 Å². The van der Waals surface area contributed by atoms with Gasteiger partial charge in [0, 0.05) is 0 Å². The van der Waals surface area contributed by atoms with E-state index in [9.17, 15) is 0 Å². The van der Waals surface area contributed by atoms with Crippen LogP contribution in [0.4, 0.5) is 0 Å². The van der Waals surface area contributed by atoms with Crippen molar-refractivity contribution in [3.8, 4) is 0 Å². The predicted molar refractivity (Wildman–Crippen MR) is 136 cm³/mol. The van der Waals surface area contributed by atoms with E-state index < -0.39 is 0 Å². The molecule has 2 rings (SSSR count). The summed E-state index contributed by atoms with van der Waals surface area (Å²) in [6, 6.07) is 9.10. The SMILES string of the molecule is C=C(C1=C(C(C)C)CCC=C1)/C(=C\C=C(C)C)c1cccc(CCCC(C)(C)C)c1. The first-order valence-corrected chi connectivity index (χ1v) is 11.6. The minimum atomic E-state index is 0.396. The van der Waals surface area contributed by atoms with E-state index >= 15 is 0 Å². The number of rotatable bonds is 8. The summed E-state index contributed by atoms with van der Waals surface area (Å²) in [6.07, 6.45) is 15.0. The van der Waals surface area contributed by atoms with Crippen LogP contribution in [-0.4, -0.2) is 0 Å². The molecule has 0 atom stereocenters. The Balaban J connectivity index is 2.40. The Bertz CT molecular complexity index is 856. The topological polar surface area (TPSA) is 0 Å².